The Morgan fingerprint density at radius 1 is 1.19 bits per heavy atom. The summed E-state index contributed by atoms with van der Waals surface area (Å²) >= 11 is 1.47. The Hall–Kier alpha value is -3.47. The van der Waals surface area contributed by atoms with Gasteiger partial charge in [0.15, 0.2) is 0 Å². The lowest BCUT2D eigenvalue weighted by Gasteiger charge is -2.29. The zero-order chi connectivity index (χ0) is 26.1. The summed E-state index contributed by atoms with van der Waals surface area (Å²) in [4.78, 5) is 24.9. The fourth-order valence-electron chi connectivity index (χ4n) is 4.13. The number of alkyl carbamates (subject to hydrolysis) is 1. The lowest BCUT2D eigenvalue weighted by atomic mass is 10.0. The first-order chi connectivity index (χ1) is 16.9. The number of carbonyl (C=O) groups is 2. The van der Waals surface area contributed by atoms with Crippen molar-refractivity contribution in [3.8, 4) is 28.1 Å². The van der Waals surface area contributed by atoms with Gasteiger partial charge in [0.1, 0.15) is 17.0 Å². The first kappa shape index (κ1) is 25.6. The number of nitrogens with one attached hydrogen (secondary N) is 2. The zero-order valence-corrected chi connectivity index (χ0v) is 20.8. The van der Waals surface area contributed by atoms with E-state index >= 15 is 0 Å². The van der Waals surface area contributed by atoms with Crippen molar-refractivity contribution in [1.29, 1.82) is 0 Å². The van der Waals surface area contributed by atoms with Gasteiger partial charge in [0.2, 0.25) is 0 Å². The maximum Gasteiger partial charge on any atom is 0.573 e. The van der Waals surface area contributed by atoms with Gasteiger partial charge >= 0.3 is 12.5 Å². The molecule has 1 aliphatic rings. The Morgan fingerprint density at radius 3 is 2.64 bits per heavy atom. The van der Waals surface area contributed by atoms with Crippen LogP contribution in [-0.2, 0) is 4.74 Å². The zero-order valence-electron chi connectivity index (χ0n) is 19.9. The molecule has 0 unspecified atom stereocenters. The minimum absolute atomic E-state index is 0.203. The molecule has 0 saturated carbocycles. The summed E-state index contributed by atoms with van der Waals surface area (Å²) in [5.74, 6) is -0.625. The van der Waals surface area contributed by atoms with Gasteiger partial charge in [-0.15, -0.1) is 13.2 Å². The summed E-state index contributed by atoms with van der Waals surface area (Å²) < 4.78 is 49.8. The predicted octanol–water partition coefficient (Wildman–Crippen LogP) is 5.98. The largest absolute Gasteiger partial charge is 0.573 e. The summed E-state index contributed by atoms with van der Waals surface area (Å²) in [6.07, 6.45) is -4.86. The van der Waals surface area contributed by atoms with E-state index in [0.717, 1.165) is 5.56 Å². The number of fused-ring (bicyclic) bond motifs is 1. The SMILES string of the molecule is CC(C)(C)OC(=O)NCC[C@@H]1CNC(=O)c2cc(-c3cccc(OC(F)(F)F)c3)c(-c3ccsc3)n21. The molecule has 3 heterocycles. The van der Waals surface area contributed by atoms with Crippen molar-refractivity contribution in [3.63, 3.8) is 0 Å². The molecular formula is C25H26F3N3O4S. The highest BCUT2D eigenvalue weighted by Crippen LogP contribution is 2.41. The number of amides is 2. The first-order valence-electron chi connectivity index (χ1n) is 11.3. The first-order valence-corrected chi connectivity index (χ1v) is 12.2. The number of carbonyl (C=O) groups excluding carboxylic acids is 2. The highest BCUT2D eigenvalue weighted by molar-refractivity contribution is 7.08. The van der Waals surface area contributed by atoms with Crippen LogP contribution >= 0.6 is 11.3 Å². The second kappa shape index (κ2) is 9.88. The van der Waals surface area contributed by atoms with E-state index in [9.17, 15) is 22.8 Å². The van der Waals surface area contributed by atoms with E-state index in [1.165, 1.54) is 29.5 Å². The van der Waals surface area contributed by atoms with E-state index < -0.39 is 18.1 Å². The number of aromatic nitrogens is 1. The maximum absolute atomic E-state index is 12.8. The molecule has 0 spiro atoms. The molecule has 192 valence electrons. The van der Waals surface area contributed by atoms with Crippen molar-refractivity contribution < 1.29 is 32.2 Å². The average molecular weight is 522 g/mol. The Balaban J connectivity index is 1.70. The smallest absolute Gasteiger partial charge is 0.444 e. The third kappa shape index (κ3) is 6.01. The number of halogens is 3. The second-order valence-corrected chi connectivity index (χ2v) is 10.1. The summed E-state index contributed by atoms with van der Waals surface area (Å²) in [5.41, 5.74) is 2.41. The van der Waals surface area contributed by atoms with Gasteiger partial charge in [-0.25, -0.2) is 4.79 Å². The second-order valence-electron chi connectivity index (χ2n) is 9.33. The molecule has 0 saturated heterocycles. The fraction of sp³-hybridized carbons (Fsp3) is 0.360. The third-order valence-corrected chi connectivity index (χ3v) is 6.13. The van der Waals surface area contributed by atoms with Crippen LogP contribution in [0.2, 0.25) is 0 Å². The van der Waals surface area contributed by atoms with Gasteiger partial charge in [-0.3, -0.25) is 4.79 Å². The summed E-state index contributed by atoms with van der Waals surface area (Å²) in [6.45, 7) is 5.97. The van der Waals surface area contributed by atoms with Crippen molar-refractivity contribution in [1.82, 2.24) is 15.2 Å². The quantitative estimate of drug-likeness (QED) is 0.418. The van der Waals surface area contributed by atoms with E-state index in [1.807, 2.05) is 21.4 Å². The molecule has 36 heavy (non-hydrogen) atoms. The van der Waals surface area contributed by atoms with E-state index in [0.29, 0.717) is 42.0 Å². The van der Waals surface area contributed by atoms with Gasteiger partial charge < -0.3 is 24.7 Å². The molecule has 2 N–H and O–H groups in total. The lowest BCUT2D eigenvalue weighted by Crippen LogP contribution is -2.41. The van der Waals surface area contributed by atoms with Gasteiger partial charge in [0, 0.05) is 29.6 Å². The number of hydrogen-bond donors (Lipinski definition) is 2. The minimum atomic E-state index is -4.82. The van der Waals surface area contributed by atoms with Crippen LogP contribution in [0.15, 0.2) is 47.2 Å². The Morgan fingerprint density at radius 2 is 1.97 bits per heavy atom. The van der Waals surface area contributed by atoms with Crippen LogP contribution in [0.4, 0.5) is 18.0 Å². The normalized spacial score (nSPS) is 15.7. The van der Waals surface area contributed by atoms with Crippen LogP contribution in [0.5, 0.6) is 5.75 Å². The van der Waals surface area contributed by atoms with E-state index in [2.05, 4.69) is 15.4 Å². The highest BCUT2D eigenvalue weighted by Gasteiger charge is 2.33. The topological polar surface area (TPSA) is 81.6 Å². The molecule has 0 radical (unpaired) electrons. The molecule has 4 rings (SSSR count). The van der Waals surface area contributed by atoms with Crippen molar-refractivity contribution >= 4 is 23.3 Å². The van der Waals surface area contributed by atoms with Gasteiger partial charge in [-0.2, -0.15) is 11.3 Å². The molecule has 3 aromatic rings. The van der Waals surface area contributed by atoms with Crippen LogP contribution in [0.3, 0.4) is 0 Å². The average Bonchev–Trinajstić information content (AvgIpc) is 3.41. The standard InChI is InChI=1S/C25H26F3N3O4S/c1-24(2,3)35-23(33)29-9-7-17-13-30-22(32)20-12-19(21(31(17)20)16-8-10-36-14-16)15-5-4-6-18(11-15)34-25(26,27)28/h4-6,8,10-12,14,17H,7,9,13H2,1-3H3,(H,29,33)(H,30,32)/t17-/m1/s1. The lowest BCUT2D eigenvalue weighted by molar-refractivity contribution is -0.274. The van der Waals surface area contributed by atoms with E-state index in [4.69, 9.17) is 4.74 Å². The number of thiophene rings is 1. The molecule has 0 aliphatic carbocycles. The Bertz CT molecular complexity index is 1250. The monoisotopic (exact) mass is 521 g/mol. The fourth-order valence-corrected chi connectivity index (χ4v) is 4.77. The molecule has 1 aliphatic heterocycles. The number of benzene rings is 1. The van der Waals surface area contributed by atoms with Crippen molar-refractivity contribution in [3.05, 3.63) is 52.9 Å². The molecule has 2 aromatic heterocycles. The van der Waals surface area contributed by atoms with Crippen molar-refractivity contribution in [2.75, 3.05) is 13.1 Å². The molecule has 11 heteroatoms. The number of hydrogen-bond acceptors (Lipinski definition) is 5. The third-order valence-electron chi connectivity index (χ3n) is 5.45. The van der Waals surface area contributed by atoms with Crippen LogP contribution in [0.25, 0.3) is 22.4 Å². The van der Waals surface area contributed by atoms with Crippen molar-refractivity contribution in [2.24, 2.45) is 0 Å². The van der Waals surface area contributed by atoms with Crippen LogP contribution in [0, 0.1) is 0 Å². The molecule has 2 amide bonds. The molecule has 1 aromatic carbocycles. The highest BCUT2D eigenvalue weighted by atomic mass is 32.1. The van der Waals surface area contributed by atoms with E-state index in [-0.39, 0.29) is 17.7 Å². The number of rotatable bonds is 6. The van der Waals surface area contributed by atoms with Crippen LogP contribution in [-0.4, -0.2) is 41.6 Å². The number of alkyl halides is 3. The predicted molar refractivity (Wildman–Crippen MR) is 130 cm³/mol. The van der Waals surface area contributed by atoms with Gasteiger partial charge in [-0.05, 0) is 62.4 Å². The molecule has 0 fully saturated rings. The van der Waals surface area contributed by atoms with Crippen molar-refractivity contribution in [2.45, 2.75) is 45.2 Å². The van der Waals surface area contributed by atoms with Crippen LogP contribution in [0.1, 0.15) is 43.7 Å². The van der Waals surface area contributed by atoms with E-state index in [1.54, 1.807) is 32.9 Å². The number of ether oxygens (including phenoxy) is 2. The molecule has 0 bridgehead atoms. The summed E-state index contributed by atoms with van der Waals surface area (Å²) in [7, 11) is 0. The maximum atomic E-state index is 12.8. The summed E-state index contributed by atoms with van der Waals surface area (Å²) in [5, 5.41) is 9.43. The van der Waals surface area contributed by atoms with Gasteiger partial charge in [-0.1, -0.05) is 12.1 Å². The number of nitrogens with zero attached hydrogens (tertiary/aromatic N) is 1. The molecule has 1 atom stereocenters. The Kier molecular flexibility index (Phi) is 7.03. The van der Waals surface area contributed by atoms with Crippen LogP contribution < -0.4 is 15.4 Å². The Labute approximate surface area is 210 Å². The molecule has 7 nitrogen and oxygen atoms in total. The van der Waals surface area contributed by atoms with Gasteiger partial charge in [0.25, 0.3) is 5.91 Å². The summed E-state index contributed by atoms with van der Waals surface area (Å²) in [6, 6.07) is 9.07. The minimum Gasteiger partial charge on any atom is -0.444 e. The molecular weight excluding hydrogens is 495 g/mol. The van der Waals surface area contributed by atoms with Gasteiger partial charge in [0.05, 0.1) is 11.7 Å².